The van der Waals surface area contributed by atoms with Crippen molar-refractivity contribution in [2.75, 3.05) is 19.7 Å². The number of benzene rings is 1. The van der Waals surface area contributed by atoms with Crippen LogP contribution >= 0.6 is 11.6 Å². The fraction of sp³-hybridized carbons (Fsp3) is 0.333. The van der Waals surface area contributed by atoms with Crippen LogP contribution in [0.2, 0.25) is 5.02 Å². The van der Waals surface area contributed by atoms with E-state index >= 15 is 0 Å². The number of hydrogen-bond donors (Lipinski definition) is 1. The van der Waals surface area contributed by atoms with Crippen LogP contribution in [0.4, 0.5) is 4.79 Å². The molecule has 2 unspecified atom stereocenters. The van der Waals surface area contributed by atoms with Crippen molar-refractivity contribution in [3.63, 3.8) is 0 Å². The predicted molar refractivity (Wildman–Crippen MR) is 105 cm³/mol. The molecule has 0 saturated carbocycles. The molecule has 29 heavy (non-hydrogen) atoms. The number of halogens is 1. The summed E-state index contributed by atoms with van der Waals surface area (Å²) in [6.45, 7) is 2.35. The van der Waals surface area contributed by atoms with Crippen molar-refractivity contribution in [3.8, 4) is 18.2 Å². The summed E-state index contributed by atoms with van der Waals surface area (Å²) in [7, 11) is 0. The van der Waals surface area contributed by atoms with Gasteiger partial charge in [0, 0.05) is 29.9 Å². The lowest BCUT2D eigenvalue weighted by atomic mass is 9.58. The fourth-order valence-electron chi connectivity index (χ4n) is 4.12. The van der Waals surface area contributed by atoms with Gasteiger partial charge in [0.1, 0.15) is 6.07 Å². The second kappa shape index (κ2) is 7.87. The molecule has 0 saturated heterocycles. The number of nitrogens with zero attached hydrogens (tertiary/aromatic N) is 4. The minimum atomic E-state index is -1.80. The van der Waals surface area contributed by atoms with E-state index in [-0.39, 0.29) is 31.0 Å². The summed E-state index contributed by atoms with van der Waals surface area (Å²) in [6.07, 6.45) is 1.24. The summed E-state index contributed by atoms with van der Waals surface area (Å²) in [6, 6.07) is 13.1. The van der Waals surface area contributed by atoms with Crippen LogP contribution in [0.5, 0.6) is 0 Å². The molecule has 0 radical (unpaired) electrons. The van der Waals surface area contributed by atoms with Crippen molar-refractivity contribution in [3.05, 3.63) is 57.8 Å². The molecule has 2 N–H and O–H groups in total. The van der Waals surface area contributed by atoms with Crippen molar-refractivity contribution in [2.24, 2.45) is 17.1 Å². The molecular formula is C21H18ClN5O2. The van der Waals surface area contributed by atoms with Crippen molar-refractivity contribution < 1.29 is 9.53 Å². The lowest BCUT2D eigenvalue weighted by molar-refractivity contribution is 0.0999. The average Bonchev–Trinajstić information content (AvgIpc) is 2.73. The third kappa shape index (κ3) is 3.09. The van der Waals surface area contributed by atoms with E-state index in [0.29, 0.717) is 16.2 Å². The highest BCUT2D eigenvalue weighted by Crippen LogP contribution is 2.55. The zero-order valence-electron chi connectivity index (χ0n) is 15.7. The zero-order valence-corrected chi connectivity index (χ0v) is 16.5. The third-order valence-electron chi connectivity index (χ3n) is 5.43. The summed E-state index contributed by atoms with van der Waals surface area (Å²) >= 11 is 6.43. The molecule has 0 bridgehead atoms. The number of nitrogens with two attached hydrogens (primary N) is 1. The van der Waals surface area contributed by atoms with Crippen LogP contribution in [0, 0.1) is 45.3 Å². The molecule has 0 fully saturated rings. The maximum absolute atomic E-state index is 12.3. The second-order valence-corrected chi connectivity index (χ2v) is 7.21. The Balaban J connectivity index is 2.26. The Kier molecular flexibility index (Phi) is 5.50. The fourth-order valence-corrected chi connectivity index (χ4v) is 4.37. The molecule has 1 aliphatic carbocycles. The summed E-state index contributed by atoms with van der Waals surface area (Å²) in [5.41, 5.74) is 5.67. The van der Waals surface area contributed by atoms with Gasteiger partial charge in [-0.3, -0.25) is 0 Å². The molecular weight excluding hydrogens is 390 g/mol. The lowest BCUT2D eigenvalue weighted by Gasteiger charge is -2.45. The highest BCUT2D eigenvalue weighted by atomic mass is 35.5. The Morgan fingerprint density at radius 2 is 2.03 bits per heavy atom. The molecule has 1 amide bonds. The van der Waals surface area contributed by atoms with Crippen LogP contribution in [0.3, 0.4) is 0 Å². The third-order valence-corrected chi connectivity index (χ3v) is 5.77. The number of allylic oxidation sites excluding steroid dienone is 2. The first kappa shape index (κ1) is 20.3. The molecule has 3 rings (SSSR count). The number of carbonyl (C=O) groups is 1. The van der Waals surface area contributed by atoms with Gasteiger partial charge in [0.05, 0.1) is 30.0 Å². The first-order chi connectivity index (χ1) is 13.9. The van der Waals surface area contributed by atoms with Crippen LogP contribution in [-0.4, -0.2) is 30.7 Å². The van der Waals surface area contributed by atoms with Gasteiger partial charge in [0.2, 0.25) is 0 Å². The summed E-state index contributed by atoms with van der Waals surface area (Å²) in [5.74, 6) is -1.28. The minimum Gasteiger partial charge on any atom is -0.450 e. The van der Waals surface area contributed by atoms with E-state index in [1.807, 2.05) is 18.2 Å². The highest BCUT2D eigenvalue weighted by molar-refractivity contribution is 6.31. The van der Waals surface area contributed by atoms with Gasteiger partial charge in [-0.1, -0.05) is 35.9 Å². The molecule has 1 aromatic rings. The first-order valence-corrected chi connectivity index (χ1v) is 9.42. The number of fused-ring (bicyclic) bond motifs is 1. The van der Waals surface area contributed by atoms with Gasteiger partial charge in [-0.05, 0) is 24.1 Å². The molecule has 2 aliphatic rings. The van der Waals surface area contributed by atoms with Crippen LogP contribution < -0.4 is 5.73 Å². The van der Waals surface area contributed by atoms with E-state index in [4.69, 9.17) is 22.1 Å². The lowest BCUT2D eigenvalue weighted by Crippen LogP contribution is -2.49. The topological polar surface area (TPSA) is 127 Å². The number of carbonyl (C=O) groups excluding carboxylic acids is 1. The van der Waals surface area contributed by atoms with Crippen LogP contribution in [-0.2, 0) is 4.74 Å². The van der Waals surface area contributed by atoms with Gasteiger partial charge >= 0.3 is 6.09 Å². The quantitative estimate of drug-likeness (QED) is 0.801. The van der Waals surface area contributed by atoms with Crippen molar-refractivity contribution in [2.45, 2.75) is 12.8 Å². The van der Waals surface area contributed by atoms with E-state index in [1.165, 1.54) is 4.90 Å². The van der Waals surface area contributed by atoms with E-state index in [0.717, 1.165) is 0 Å². The van der Waals surface area contributed by atoms with Gasteiger partial charge in [0.15, 0.2) is 5.41 Å². The molecule has 0 spiro atoms. The Morgan fingerprint density at radius 3 is 2.62 bits per heavy atom. The number of ether oxygens (including phenoxy) is 1. The van der Waals surface area contributed by atoms with Crippen LogP contribution in [0.15, 0.2) is 47.2 Å². The van der Waals surface area contributed by atoms with E-state index in [2.05, 4.69) is 0 Å². The number of nitriles is 3. The Hall–Kier alpha value is -3.47. The SMILES string of the molecule is CCOC(=O)N1CC=C2C(C#N)=C(N)C(C#N)(C#N)C(c3ccccc3Cl)C2C1. The molecule has 1 heterocycles. The molecule has 7 nitrogen and oxygen atoms in total. The van der Waals surface area contributed by atoms with Gasteiger partial charge in [-0.2, -0.15) is 15.8 Å². The molecule has 2 atom stereocenters. The van der Waals surface area contributed by atoms with Crippen molar-refractivity contribution >= 4 is 17.7 Å². The standard InChI is InChI=1S/C21H18ClN5O2/c1-2-29-20(28)27-8-7-13-15(9-23)19(26)21(11-24,12-25)18(16(13)10-27)14-5-3-4-6-17(14)22/h3-7,16,18H,2,8,10,26H2,1H3. The summed E-state index contributed by atoms with van der Waals surface area (Å²) < 4.78 is 5.10. The zero-order chi connectivity index (χ0) is 21.2. The highest BCUT2D eigenvalue weighted by Gasteiger charge is 2.55. The van der Waals surface area contributed by atoms with E-state index < -0.39 is 23.3 Å². The minimum absolute atomic E-state index is 0.0815. The van der Waals surface area contributed by atoms with Gasteiger partial charge in [0.25, 0.3) is 0 Å². The second-order valence-electron chi connectivity index (χ2n) is 6.80. The maximum atomic E-state index is 12.3. The van der Waals surface area contributed by atoms with Gasteiger partial charge in [-0.25, -0.2) is 4.79 Å². The largest absolute Gasteiger partial charge is 0.450 e. The molecule has 0 aromatic heterocycles. The maximum Gasteiger partial charge on any atom is 0.410 e. The normalized spacial score (nSPS) is 22.4. The summed E-state index contributed by atoms with van der Waals surface area (Å²) in [5, 5.41) is 30.2. The van der Waals surface area contributed by atoms with Crippen molar-refractivity contribution in [1.82, 2.24) is 4.90 Å². The van der Waals surface area contributed by atoms with Gasteiger partial charge < -0.3 is 15.4 Å². The Labute approximate surface area is 173 Å². The molecule has 1 aromatic carbocycles. The summed E-state index contributed by atoms with van der Waals surface area (Å²) in [4.78, 5) is 13.8. The smallest absolute Gasteiger partial charge is 0.410 e. The number of hydrogen-bond acceptors (Lipinski definition) is 6. The average molecular weight is 408 g/mol. The molecule has 8 heteroatoms. The monoisotopic (exact) mass is 407 g/mol. The van der Waals surface area contributed by atoms with Crippen LogP contribution in [0.25, 0.3) is 0 Å². The van der Waals surface area contributed by atoms with Gasteiger partial charge in [-0.15, -0.1) is 0 Å². The molecule has 1 aliphatic heterocycles. The predicted octanol–water partition coefficient (Wildman–Crippen LogP) is 3.22. The number of amides is 1. The van der Waals surface area contributed by atoms with E-state index in [1.54, 1.807) is 37.3 Å². The van der Waals surface area contributed by atoms with E-state index in [9.17, 15) is 20.6 Å². The first-order valence-electron chi connectivity index (χ1n) is 9.04. The molecule has 146 valence electrons. The van der Waals surface area contributed by atoms with Crippen molar-refractivity contribution in [1.29, 1.82) is 15.8 Å². The number of rotatable bonds is 2. The Bertz CT molecular complexity index is 1030. The Morgan fingerprint density at radius 1 is 1.34 bits per heavy atom. The van der Waals surface area contributed by atoms with Crippen LogP contribution in [0.1, 0.15) is 18.4 Å².